The van der Waals surface area contributed by atoms with Crippen molar-refractivity contribution in [1.29, 1.82) is 0 Å². The summed E-state index contributed by atoms with van der Waals surface area (Å²) >= 11 is 4.97. The molecule has 1 unspecified atom stereocenters. The highest BCUT2D eigenvalue weighted by Gasteiger charge is 2.10. The van der Waals surface area contributed by atoms with Gasteiger partial charge in [-0.15, -0.1) is 0 Å². The lowest BCUT2D eigenvalue weighted by Crippen LogP contribution is -2.28. The van der Waals surface area contributed by atoms with Crippen LogP contribution in [0, 0.1) is 6.92 Å². The molecule has 3 heteroatoms. The molecule has 0 bridgehead atoms. The number of hydrogen-bond donors (Lipinski definition) is 1. The predicted molar refractivity (Wildman–Crippen MR) is 75.2 cm³/mol. The molecule has 2 nitrogen and oxygen atoms in total. The first-order valence-electron chi connectivity index (χ1n) is 5.60. The third kappa shape index (κ3) is 2.73. The lowest BCUT2D eigenvalue weighted by atomic mass is 10.1. The van der Waals surface area contributed by atoms with Crippen molar-refractivity contribution in [2.45, 2.75) is 33.2 Å². The van der Waals surface area contributed by atoms with E-state index in [0.29, 0.717) is 11.0 Å². The summed E-state index contributed by atoms with van der Waals surface area (Å²) in [5.41, 5.74) is 9.01. The van der Waals surface area contributed by atoms with Gasteiger partial charge in [0.2, 0.25) is 0 Å². The van der Waals surface area contributed by atoms with Gasteiger partial charge in [-0.3, -0.25) is 0 Å². The normalized spacial score (nSPS) is 12.2. The molecule has 88 valence electrons. The molecule has 1 atom stereocenters. The average Bonchev–Trinajstić information content (AvgIpc) is 2.26. The van der Waals surface area contributed by atoms with Crippen LogP contribution < -0.4 is 10.6 Å². The van der Waals surface area contributed by atoms with Crippen molar-refractivity contribution in [1.82, 2.24) is 0 Å². The number of rotatable bonds is 4. The van der Waals surface area contributed by atoms with Gasteiger partial charge in [-0.25, -0.2) is 0 Å². The fourth-order valence-corrected chi connectivity index (χ4v) is 1.84. The van der Waals surface area contributed by atoms with Crippen molar-refractivity contribution in [3.05, 3.63) is 29.3 Å². The van der Waals surface area contributed by atoms with E-state index in [2.05, 4.69) is 44.9 Å². The molecule has 1 rings (SSSR count). The summed E-state index contributed by atoms with van der Waals surface area (Å²) in [6, 6.07) is 6.67. The molecule has 1 aromatic carbocycles. The van der Waals surface area contributed by atoms with E-state index in [1.807, 2.05) is 6.07 Å². The monoisotopic (exact) mass is 236 g/mol. The van der Waals surface area contributed by atoms with Crippen LogP contribution in [0.15, 0.2) is 18.2 Å². The van der Waals surface area contributed by atoms with Gasteiger partial charge < -0.3 is 10.6 Å². The number of nitrogens with two attached hydrogens (primary N) is 1. The number of anilines is 1. The van der Waals surface area contributed by atoms with Crippen molar-refractivity contribution < 1.29 is 0 Å². The lowest BCUT2D eigenvalue weighted by Gasteiger charge is -2.27. The van der Waals surface area contributed by atoms with Gasteiger partial charge in [0.1, 0.15) is 4.99 Å². The molecule has 0 spiro atoms. The molecule has 0 aromatic heterocycles. The van der Waals surface area contributed by atoms with Crippen LogP contribution >= 0.6 is 12.2 Å². The first-order chi connectivity index (χ1) is 7.47. The fraction of sp³-hybridized carbons (Fsp3) is 0.462. The predicted octanol–water partition coefficient (Wildman–Crippen LogP) is 2.86. The SMILES string of the molecule is CCC(C)N(C)c1ccc(C(N)=S)cc1C. The number of nitrogens with zero attached hydrogens (tertiary/aromatic N) is 1. The van der Waals surface area contributed by atoms with E-state index < -0.39 is 0 Å². The highest BCUT2D eigenvalue weighted by atomic mass is 32.1. The minimum atomic E-state index is 0.459. The number of aryl methyl sites for hydroxylation is 1. The van der Waals surface area contributed by atoms with Crippen LogP contribution in [0.3, 0.4) is 0 Å². The molecular formula is C13H20N2S. The van der Waals surface area contributed by atoms with Crippen molar-refractivity contribution in [3.63, 3.8) is 0 Å². The molecule has 1 aromatic rings. The second-order valence-corrected chi connectivity index (χ2v) is 4.67. The van der Waals surface area contributed by atoms with Gasteiger partial charge in [-0.05, 0) is 44.0 Å². The average molecular weight is 236 g/mol. The Morgan fingerprint density at radius 3 is 2.56 bits per heavy atom. The molecule has 2 N–H and O–H groups in total. The lowest BCUT2D eigenvalue weighted by molar-refractivity contribution is 0.662. The molecule has 0 aliphatic carbocycles. The van der Waals surface area contributed by atoms with Crippen LogP contribution in [0.5, 0.6) is 0 Å². The minimum absolute atomic E-state index is 0.459. The topological polar surface area (TPSA) is 29.3 Å². The molecule has 0 aliphatic rings. The van der Waals surface area contributed by atoms with E-state index in [0.717, 1.165) is 12.0 Å². The molecule has 0 saturated heterocycles. The van der Waals surface area contributed by atoms with Crippen LogP contribution in [-0.2, 0) is 0 Å². The summed E-state index contributed by atoms with van der Waals surface area (Å²) < 4.78 is 0. The highest BCUT2D eigenvalue weighted by Crippen LogP contribution is 2.22. The maximum atomic E-state index is 5.61. The van der Waals surface area contributed by atoms with Crippen molar-refractivity contribution in [2.24, 2.45) is 5.73 Å². The molecule has 16 heavy (non-hydrogen) atoms. The van der Waals surface area contributed by atoms with Gasteiger partial charge >= 0.3 is 0 Å². The summed E-state index contributed by atoms with van der Waals surface area (Å²) in [7, 11) is 2.12. The number of thiocarbonyl (C=S) groups is 1. The van der Waals surface area contributed by atoms with E-state index >= 15 is 0 Å². The summed E-state index contributed by atoms with van der Waals surface area (Å²) in [5.74, 6) is 0. The smallest absolute Gasteiger partial charge is 0.103 e. The molecule has 0 fully saturated rings. The summed E-state index contributed by atoms with van der Waals surface area (Å²) in [5, 5.41) is 0. The van der Waals surface area contributed by atoms with Crippen LogP contribution in [0.4, 0.5) is 5.69 Å². The van der Waals surface area contributed by atoms with Gasteiger partial charge in [0.05, 0.1) is 0 Å². The van der Waals surface area contributed by atoms with E-state index in [1.165, 1.54) is 11.3 Å². The zero-order valence-electron chi connectivity index (χ0n) is 10.4. The Balaban J connectivity index is 3.03. The standard InChI is InChI=1S/C13H20N2S/c1-5-10(3)15(4)12-7-6-11(13(14)16)8-9(12)2/h6-8,10H,5H2,1-4H3,(H2,14,16). The third-order valence-electron chi connectivity index (χ3n) is 3.11. The van der Waals surface area contributed by atoms with E-state index in [9.17, 15) is 0 Å². The van der Waals surface area contributed by atoms with Crippen molar-refractivity contribution >= 4 is 22.9 Å². The van der Waals surface area contributed by atoms with E-state index in [-0.39, 0.29) is 0 Å². The largest absolute Gasteiger partial charge is 0.389 e. The van der Waals surface area contributed by atoms with Gasteiger partial charge in [0.15, 0.2) is 0 Å². The quantitative estimate of drug-likeness (QED) is 0.815. The highest BCUT2D eigenvalue weighted by molar-refractivity contribution is 7.80. The molecule has 0 amide bonds. The van der Waals surface area contributed by atoms with Gasteiger partial charge in [0, 0.05) is 24.3 Å². The second-order valence-electron chi connectivity index (χ2n) is 4.23. The Labute approximate surface area is 103 Å². The maximum absolute atomic E-state index is 5.61. The first kappa shape index (κ1) is 13.0. The summed E-state index contributed by atoms with van der Waals surface area (Å²) in [6.07, 6.45) is 1.13. The van der Waals surface area contributed by atoms with Gasteiger partial charge in [-0.1, -0.05) is 19.1 Å². The Hall–Kier alpha value is -1.09. The van der Waals surface area contributed by atoms with Crippen LogP contribution in [0.25, 0.3) is 0 Å². The summed E-state index contributed by atoms with van der Waals surface area (Å²) in [6.45, 7) is 6.51. The number of benzene rings is 1. The van der Waals surface area contributed by atoms with Gasteiger partial charge in [-0.2, -0.15) is 0 Å². The Morgan fingerprint density at radius 1 is 1.50 bits per heavy atom. The third-order valence-corrected chi connectivity index (χ3v) is 3.35. The molecule has 0 heterocycles. The summed E-state index contributed by atoms with van der Waals surface area (Å²) in [4.78, 5) is 2.75. The first-order valence-corrected chi connectivity index (χ1v) is 6.01. The maximum Gasteiger partial charge on any atom is 0.103 e. The Kier molecular flexibility index (Phi) is 4.30. The Morgan fingerprint density at radius 2 is 2.12 bits per heavy atom. The fourth-order valence-electron chi connectivity index (χ4n) is 1.72. The molecular weight excluding hydrogens is 216 g/mol. The van der Waals surface area contributed by atoms with Crippen molar-refractivity contribution in [3.8, 4) is 0 Å². The molecule has 0 aliphatic heterocycles. The van der Waals surface area contributed by atoms with Crippen molar-refractivity contribution in [2.75, 3.05) is 11.9 Å². The molecule has 0 saturated carbocycles. The van der Waals surface area contributed by atoms with E-state index in [4.69, 9.17) is 18.0 Å². The van der Waals surface area contributed by atoms with Gasteiger partial charge in [0.25, 0.3) is 0 Å². The minimum Gasteiger partial charge on any atom is -0.389 e. The van der Waals surface area contributed by atoms with Crippen LogP contribution in [0.1, 0.15) is 31.4 Å². The zero-order valence-corrected chi connectivity index (χ0v) is 11.3. The number of hydrogen-bond acceptors (Lipinski definition) is 2. The Bertz CT molecular complexity index is 388. The second kappa shape index (κ2) is 5.30. The van der Waals surface area contributed by atoms with Crippen LogP contribution in [-0.4, -0.2) is 18.1 Å². The zero-order chi connectivity index (χ0) is 12.3. The van der Waals surface area contributed by atoms with Crippen LogP contribution in [0.2, 0.25) is 0 Å². The molecule has 0 radical (unpaired) electrons. The van der Waals surface area contributed by atoms with E-state index in [1.54, 1.807) is 0 Å².